The quantitative estimate of drug-likeness (QED) is 0.710. The van der Waals surface area contributed by atoms with Gasteiger partial charge in [-0.3, -0.25) is 4.79 Å². The molecule has 1 unspecified atom stereocenters. The number of rotatable bonds is 5. The Morgan fingerprint density at radius 3 is 2.88 bits per heavy atom. The van der Waals surface area contributed by atoms with Crippen molar-refractivity contribution in [2.75, 3.05) is 19.7 Å². The summed E-state index contributed by atoms with van der Waals surface area (Å²) in [6.45, 7) is 4.02. The molecular weight excluding hydrogens is 328 g/mol. The third kappa shape index (κ3) is 3.08. The lowest BCUT2D eigenvalue weighted by atomic mass is 10.1. The van der Waals surface area contributed by atoms with Crippen molar-refractivity contribution in [1.29, 1.82) is 0 Å². The van der Waals surface area contributed by atoms with Crippen molar-refractivity contribution >= 4 is 11.6 Å². The van der Waals surface area contributed by atoms with Gasteiger partial charge in [-0.1, -0.05) is 30.3 Å². The van der Waals surface area contributed by atoms with E-state index in [1.54, 1.807) is 16.9 Å². The van der Waals surface area contributed by atoms with E-state index in [9.17, 15) is 4.79 Å². The van der Waals surface area contributed by atoms with Crippen LogP contribution in [-0.4, -0.2) is 51.2 Å². The molecule has 0 saturated carbocycles. The monoisotopic (exact) mass is 350 g/mol. The van der Waals surface area contributed by atoms with Crippen LogP contribution in [0.5, 0.6) is 0 Å². The number of nitrogens with zero attached hydrogens (tertiary/aromatic N) is 4. The van der Waals surface area contributed by atoms with Gasteiger partial charge in [-0.05, 0) is 25.8 Å². The van der Waals surface area contributed by atoms with Crippen molar-refractivity contribution in [2.24, 2.45) is 0 Å². The van der Waals surface area contributed by atoms with Crippen LogP contribution >= 0.6 is 0 Å². The van der Waals surface area contributed by atoms with Gasteiger partial charge in [-0.25, -0.2) is 9.50 Å². The molecule has 0 spiro atoms. The summed E-state index contributed by atoms with van der Waals surface area (Å²) >= 11 is 0. The Hall–Kier alpha value is -2.73. The molecule has 26 heavy (non-hydrogen) atoms. The Balaban J connectivity index is 1.67. The van der Waals surface area contributed by atoms with Gasteiger partial charge in [-0.15, -0.1) is 0 Å². The van der Waals surface area contributed by atoms with Crippen LogP contribution in [0.15, 0.2) is 48.8 Å². The normalized spacial score (nSPS) is 16.9. The fourth-order valence-corrected chi connectivity index (χ4v) is 3.43. The lowest BCUT2D eigenvalue weighted by Gasteiger charge is -2.23. The van der Waals surface area contributed by atoms with Crippen LogP contribution in [0.3, 0.4) is 0 Å². The summed E-state index contributed by atoms with van der Waals surface area (Å²) in [6.07, 6.45) is 5.56. The Kier molecular flexibility index (Phi) is 4.67. The summed E-state index contributed by atoms with van der Waals surface area (Å²) in [5.41, 5.74) is 3.07. The zero-order valence-corrected chi connectivity index (χ0v) is 14.8. The molecule has 1 aliphatic rings. The van der Waals surface area contributed by atoms with Crippen LogP contribution in [0, 0.1) is 0 Å². The third-order valence-corrected chi connectivity index (χ3v) is 4.82. The molecule has 1 saturated heterocycles. The van der Waals surface area contributed by atoms with Gasteiger partial charge in [0.05, 0.1) is 18.0 Å². The van der Waals surface area contributed by atoms with E-state index in [-0.39, 0.29) is 12.0 Å². The zero-order chi connectivity index (χ0) is 17.9. The first-order valence-electron chi connectivity index (χ1n) is 9.07. The van der Waals surface area contributed by atoms with Crippen LogP contribution in [0.2, 0.25) is 0 Å². The SMILES string of the molecule is CCN(CC1CCCO1)C(=O)c1cnn2c(-c3ccccc3)ccnc12. The van der Waals surface area contributed by atoms with Gasteiger partial charge in [0.15, 0.2) is 5.65 Å². The number of hydrogen-bond donors (Lipinski definition) is 0. The van der Waals surface area contributed by atoms with Crippen molar-refractivity contribution < 1.29 is 9.53 Å². The average molecular weight is 350 g/mol. The Morgan fingerprint density at radius 1 is 1.31 bits per heavy atom. The molecule has 6 heteroatoms. The van der Waals surface area contributed by atoms with Gasteiger partial charge in [0.1, 0.15) is 5.56 Å². The van der Waals surface area contributed by atoms with Crippen LogP contribution in [0.1, 0.15) is 30.1 Å². The highest BCUT2D eigenvalue weighted by Gasteiger charge is 2.25. The molecule has 1 fully saturated rings. The molecule has 3 heterocycles. The number of hydrogen-bond acceptors (Lipinski definition) is 4. The van der Waals surface area contributed by atoms with Crippen molar-refractivity contribution in [3.05, 3.63) is 54.4 Å². The maximum Gasteiger partial charge on any atom is 0.259 e. The van der Waals surface area contributed by atoms with Gasteiger partial charge in [0.2, 0.25) is 0 Å². The molecule has 134 valence electrons. The van der Waals surface area contributed by atoms with E-state index in [1.165, 1.54) is 0 Å². The molecule has 0 radical (unpaired) electrons. The molecule has 1 amide bonds. The molecule has 0 N–H and O–H groups in total. The Labute approximate surface area is 152 Å². The number of likely N-dealkylation sites (N-methyl/N-ethyl adjacent to an activating group) is 1. The molecule has 1 atom stereocenters. The molecule has 1 aliphatic heterocycles. The summed E-state index contributed by atoms with van der Waals surface area (Å²) in [5, 5.41) is 4.44. The van der Waals surface area contributed by atoms with Crippen molar-refractivity contribution in [3.8, 4) is 11.3 Å². The van der Waals surface area contributed by atoms with Crippen LogP contribution in [0.25, 0.3) is 16.9 Å². The molecule has 0 aliphatic carbocycles. The summed E-state index contributed by atoms with van der Waals surface area (Å²) in [6, 6.07) is 11.9. The highest BCUT2D eigenvalue weighted by Crippen LogP contribution is 2.22. The first-order chi connectivity index (χ1) is 12.8. The zero-order valence-electron chi connectivity index (χ0n) is 14.8. The first kappa shape index (κ1) is 16.7. The fourth-order valence-electron chi connectivity index (χ4n) is 3.43. The third-order valence-electron chi connectivity index (χ3n) is 4.82. The number of carbonyl (C=O) groups excluding carboxylic acids is 1. The molecule has 1 aromatic carbocycles. The van der Waals surface area contributed by atoms with E-state index in [1.807, 2.05) is 48.2 Å². The van der Waals surface area contributed by atoms with Gasteiger partial charge < -0.3 is 9.64 Å². The second-order valence-corrected chi connectivity index (χ2v) is 6.47. The molecule has 0 bridgehead atoms. The van der Waals surface area contributed by atoms with Crippen molar-refractivity contribution in [2.45, 2.75) is 25.9 Å². The highest BCUT2D eigenvalue weighted by atomic mass is 16.5. The minimum absolute atomic E-state index is 0.0456. The van der Waals surface area contributed by atoms with Crippen LogP contribution < -0.4 is 0 Å². The summed E-state index contributed by atoms with van der Waals surface area (Å²) in [7, 11) is 0. The lowest BCUT2D eigenvalue weighted by molar-refractivity contribution is 0.0540. The second-order valence-electron chi connectivity index (χ2n) is 6.47. The molecule has 4 rings (SSSR count). The summed E-state index contributed by atoms with van der Waals surface area (Å²) < 4.78 is 7.43. The number of amides is 1. The molecule has 2 aromatic heterocycles. The van der Waals surface area contributed by atoms with E-state index >= 15 is 0 Å². The number of aromatic nitrogens is 3. The van der Waals surface area contributed by atoms with Crippen molar-refractivity contribution in [1.82, 2.24) is 19.5 Å². The highest BCUT2D eigenvalue weighted by molar-refractivity contribution is 6.00. The summed E-state index contributed by atoms with van der Waals surface area (Å²) in [5.74, 6) is -0.0456. The number of fused-ring (bicyclic) bond motifs is 1. The predicted octanol–water partition coefficient (Wildman–Crippen LogP) is 3.04. The second kappa shape index (κ2) is 7.25. The molecule has 6 nitrogen and oxygen atoms in total. The first-order valence-corrected chi connectivity index (χ1v) is 9.07. The van der Waals surface area contributed by atoms with E-state index in [0.717, 1.165) is 30.7 Å². The number of ether oxygens (including phenoxy) is 1. The van der Waals surface area contributed by atoms with Crippen LogP contribution in [0.4, 0.5) is 0 Å². The van der Waals surface area contributed by atoms with Crippen LogP contribution in [-0.2, 0) is 4.74 Å². The largest absolute Gasteiger partial charge is 0.376 e. The van der Waals surface area contributed by atoms with E-state index < -0.39 is 0 Å². The maximum atomic E-state index is 13.1. The smallest absolute Gasteiger partial charge is 0.259 e. The Bertz CT molecular complexity index is 901. The van der Waals surface area contributed by atoms with E-state index in [0.29, 0.717) is 24.3 Å². The number of carbonyl (C=O) groups is 1. The van der Waals surface area contributed by atoms with E-state index in [2.05, 4.69) is 10.1 Å². The van der Waals surface area contributed by atoms with E-state index in [4.69, 9.17) is 4.74 Å². The predicted molar refractivity (Wildman–Crippen MR) is 99.0 cm³/mol. The fraction of sp³-hybridized carbons (Fsp3) is 0.350. The standard InChI is InChI=1S/C20H22N4O2/c1-2-23(14-16-9-6-12-26-16)20(25)17-13-22-24-18(10-11-21-19(17)24)15-7-4-3-5-8-15/h3-5,7-8,10-11,13,16H,2,6,9,12,14H2,1H3. The summed E-state index contributed by atoms with van der Waals surface area (Å²) in [4.78, 5) is 19.3. The lowest BCUT2D eigenvalue weighted by Crippen LogP contribution is -2.37. The maximum absolute atomic E-state index is 13.1. The van der Waals surface area contributed by atoms with Gasteiger partial charge in [0, 0.05) is 31.5 Å². The number of benzene rings is 1. The Morgan fingerprint density at radius 2 is 2.15 bits per heavy atom. The minimum atomic E-state index is -0.0456. The average Bonchev–Trinajstić information content (AvgIpc) is 3.35. The minimum Gasteiger partial charge on any atom is -0.376 e. The van der Waals surface area contributed by atoms with Crippen molar-refractivity contribution in [3.63, 3.8) is 0 Å². The van der Waals surface area contributed by atoms with Gasteiger partial charge >= 0.3 is 0 Å². The van der Waals surface area contributed by atoms with Gasteiger partial charge in [0.25, 0.3) is 5.91 Å². The molecule has 3 aromatic rings. The van der Waals surface area contributed by atoms with Gasteiger partial charge in [-0.2, -0.15) is 5.10 Å². The topological polar surface area (TPSA) is 59.7 Å². The molecular formula is C20H22N4O2.